The maximum absolute atomic E-state index is 12.9. The first kappa shape index (κ1) is 22.9. The Bertz CT molecular complexity index is 1460. The molecule has 3 aromatic carbocycles. The number of carbonyl (C=O) groups is 5. The van der Waals surface area contributed by atoms with Gasteiger partial charge in [0.1, 0.15) is 5.71 Å². The number of ketones is 2. The molecule has 0 aromatic heterocycles. The van der Waals surface area contributed by atoms with E-state index in [-0.39, 0.29) is 52.8 Å². The molecule has 9 nitrogen and oxygen atoms in total. The molecule has 1 aliphatic heterocycles. The molecular formula is C27H19N3O6. The minimum absolute atomic E-state index is 0.0304. The van der Waals surface area contributed by atoms with Gasteiger partial charge in [0.15, 0.2) is 18.2 Å². The second-order valence-corrected chi connectivity index (χ2v) is 8.18. The number of hydrazone groups is 1. The second kappa shape index (κ2) is 9.38. The molecule has 1 aliphatic carbocycles. The maximum atomic E-state index is 12.9. The number of hydrogen-bond acceptors (Lipinski definition) is 7. The van der Waals surface area contributed by atoms with E-state index in [1.54, 1.807) is 54.6 Å². The Morgan fingerprint density at radius 1 is 0.806 bits per heavy atom. The largest absolute Gasteiger partial charge is 0.451 e. The molecule has 178 valence electrons. The predicted octanol–water partition coefficient (Wildman–Crippen LogP) is 3.13. The Morgan fingerprint density at radius 2 is 1.44 bits per heavy atom. The van der Waals surface area contributed by atoms with Crippen LogP contribution in [0.4, 0.5) is 11.4 Å². The smallest absolute Gasteiger partial charge is 0.355 e. The summed E-state index contributed by atoms with van der Waals surface area (Å²) in [5.41, 5.74) is 1.94. The van der Waals surface area contributed by atoms with Crippen LogP contribution >= 0.6 is 0 Å². The maximum Gasteiger partial charge on any atom is 0.355 e. The Labute approximate surface area is 205 Å². The van der Waals surface area contributed by atoms with Crippen LogP contribution in [-0.2, 0) is 19.1 Å². The van der Waals surface area contributed by atoms with Gasteiger partial charge >= 0.3 is 5.97 Å². The van der Waals surface area contributed by atoms with E-state index < -0.39 is 18.5 Å². The summed E-state index contributed by atoms with van der Waals surface area (Å²) in [5.74, 6) is -2.26. The van der Waals surface area contributed by atoms with Crippen LogP contribution in [0, 0.1) is 0 Å². The van der Waals surface area contributed by atoms with Crippen LogP contribution in [0.1, 0.15) is 44.7 Å². The molecule has 0 spiro atoms. The highest BCUT2D eigenvalue weighted by molar-refractivity contribution is 6.38. The summed E-state index contributed by atoms with van der Waals surface area (Å²) in [5, 5.41) is 7.81. The molecule has 36 heavy (non-hydrogen) atoms. The van der Waals surface area contributed by atoms with Crippen LogP contribution in [0.25, 0.3) is 0 Å². The van der Waals surface area contributed by atoms with Crippen molar-refractivity contribution in [2.24, 2.45) is 5.10 Å². The van der Waals surface area contributed by atoms with Crippen molar-refractivity contribution >= 4 is 46.4 Å². The fourth-order valence-corrected chi connectivity index (χ4v) is 4.06. The highest BCUT2D eigenvalue weighted by Gasteiger charge is 2.30. The first-order valence-corrected chi connectivity index (χ1v) is 11.2. The monoisotopic (exact) mass is 481 g/mol. The summed E-state index contributed by atoms with van der Waals surface area (Å²) in [4.78, 5) is 62.7. The first-order valence-electron chi connectivity index (χ1n) is 11.2. The number of anilines is 2. The minimum atomic E-state index is -0.804. The van der Waals surface area contributed by atoms with Gasteiger partial charge in [-0.2, -0.15) is 5.10 Å². The topological polar surface area (TPSA) is 122 Å². The van der Waals surface area contributed by atoms with Crippen molar-refractivity contribution in [2.45, 2.75) is 12.8 Å². The Morgan fingerprint density at radius 3 is 2.17 bits per heavy atom. The molecule has 1 N–H and O–H groups in total. The van der Waals surface area contributed by atoms with Crippen LogP contribution in [-0.4, -0.2) is 41.7 Å². The number of esters is 1. The van der Waals surface area contributed by atoms with Crippen molar-refractivity contribution in [3.8, 4) is 0 Å². The number of rotatable bonds is 5. The lowest BCUT2D eigenvalue weighted by Gasteiger charge is -2.22. The molecular weight excluding hydrogens is 462 g/mol. The number of carbonyl (C=O) groups excluding carboxylic acids is 5. The third-order valence-corrected chi connectivity index (χ3v) is 5.81. The van der Waals surface area contributed by atoms with Crippen LogP contribution in [0.2, 0.25) is 0 Å². The molecule has 5 rings (SSSR count). The standard InChI is InChI=1S/C27H19N3O6/c31-23(15-36-27(35)22-12-13-24(32)30(29-22)17-6-2-1-3-7-17)28-16-10-11-20-21(14-16)26(34)19-9-5-4-8-18(19)25(20)33/h1-11,14H,12-13,15H2,(H,28,31). The quantitative estimate of drug-likeness (QED) is 0.437. The van der Waals surface area contributed by atoms with E-state index >= 15 is 0 Å². The molecule has 1 heterocycles. The van der Waals surface area contributed by atoms with E-state index in [0.29, 0.717) is 16.8 Å². The van der Waals surface area contributed by atoms with Crippen molar-refractivity contribution in [2.75, 3.05) is 16.9 Å². The average Bonchev–Trinajstić information content (AvgIpc) is 2.91. The number of amides is 2. The van der Waals surface area contributed by atoms with Gasteiger partial charge in [-0.25, -0.2) is 9.80 Å². The number of benzene rings is 3. The Hall–Kier alpha value is -4.92. The molecule has 0 unspecified atom stereocenters. The lowest BCUT2D eigenvalue weighted by Crippen LogP contribution is -2.35. The van der Waals surface area contributed by atoms with Crippen molar-refractivity contribution < 1.29 is 28.7 Å². The minimum Gasteiger partial charge on any atom is -0.451 e. The van der Waals surface area contributed by atoms with Gasteiger partial charge in [0, 0.05) is 40.8 Å². The van der Waals surface area contributed by atoms with Crippen LogP contribution in [0.5, 0.6) is 0 Å². The Kier molecular flexibility index (Phi) is 5.95. The zero-order valence-electron chi connectivity index (χ0n) is 18.9. The number of nitrogens with one attached hydrogen (secondary N) is 1. The molecule has 0 radical (unpaired) electrons. The number of hydrogen-bond donors (Lipinski definition) is 1. The molecule has 0 atom stereocenters. The number of para-hydroxylation sites is 1. The summed E-state index contributed by atoms with van der Waals surface area (Å²) in [6, 6.07) is 19.7. The predicted molar refractivity (Wildman–Crippen MR) is 130 cm³/mol. The van der Waals surface area contributed by atoms with Crippen molar-refractivity contribution in [3.05, 3.63) is 95.1 Å². The zero-order valence-corrected chi connectivity index (χ0v) is 18.9. The second-order valence-electron chi connectivity index (χ2n) is 8.18. The molecule has 2 amide bonds. The van der Waals surface area contributed by atoms with Gasteiger partial charge in [0.05, 0.1) is 5.69 Å². The summed E-state index contributed by atoms with van der Waals surface area (Å²) in [7, 11) is 0. The van der Waals surface area contributed by atoms with Gasteiger partial charge in [-0.3, -0.25) is 19.2 Å². The van der Waals surface area contributed by atoms with E-state index in [1.165, 1.54) is 18.2 Å². The highest BCUT2D eigenvalue weighted by Crippen LogP contribution is 2.29. The number of fused-ring (bicyclic) bond motifs is 2. The summed E-state index contributed by atoms with van der Waals surface area (Å²) >= 11 is 0. The fourth-order valence-electron chi connectivity index (χ4n) is 4.06. The third kappa shape index (κ3) is 4.29. The molecule has 2 aliphatic rings. The van der Waals surface area contributed by atoms with Crippen molar-refractivity contribution in [3.63, 3.8) is 0 Å². The lowest BCUT2D eigenvalue weighted by molar-refractivity contribution is -0.140. The van der Waals surface area contributed by atoms with E-state index in [9.17, 15) is 24.0 Å². The molecule has 0 saturated carbocycles. The lowest BCUT2D eigenvalue weighted by atomic mass is 9.84. The van der Waals surface area contributed by atoms with Gasteiger partial charge in [-0.05, 0) is 30.3 Å². The molecule has 0 saturated heterocycles. The average molecular weight is 481 g/mol. The fraction of sp³-hybridized carbons (Fsp3) is 0.111. The summed E-state index contributed by atoms with van der Waals surface area (Å²) < 4.78 is 5.09. The van der Waals surface area contributed by atoms with Gasteiger partial charge < -0.3 is 10.1 Å². The molecule has 3 aromatic rings. The number of nitrogens with zero attached hydrogens (tertiary/aromatic N) is 2. The normalized spacial score (nSPS) is 14.5. The SMILES string of the molecule is O=C(COC(=O)C1=NN(c2ccccc2)C(=O)CC1)Nc1ccc2c(c1)C(=O)c1ccccc1C2=O. The first-order chi connectivity index (χ1) is 17.4. The van der Waals surface area contributed by atoms with Crippen molar-refractivity contribution in [1.82, 2.24) is 0 Å². The van der Waals surface area contributed by atoms with Crippen LogP contribution in [0.15, 0.2) is 77.9 Å². The number of ether oxygens (including phenoxy) is 1. The Balaban J connectivity index is 1.24. The molecule has 0 bridgehead atoms. The van der Waals surface area contributed by atoms with E-state index in [2.05, 4.69) is 10.4 Å². The van der Waals surface area contributed by atoms with Crippen molar-refractivity contribution in [1.29, 1.82) is 0 Å². The summed E-state index contributed by atoms with van der Waals surface area (Å²) in [6.45, 7) is -0.593. The highest BCUT2D eigenvalue weighted by atomic mass is 16.5. The van der Waals surface area contributed by atoms with Gasteiger partial charge in [-0.15, -0.1) is 0 Å². The molecule has 9 heteroatoms. The van der Waals surface area contributed by atoms with Crippen LogP contribution < -0.4 is 10.3 Å². The molecule has 0 fully saturated rings. The van der Waals surface area contributed by atoms with E-state index in [4.69, 9.17) is 4.74 Å². The van der Waals surface area contributed by atoms with Gasteiger partial charge in [0.2, 0.25) is 5.91 Å². The van der Waals surface area contributed by atoms with Gasteiger partial charge in [0.25, 0.3) is 5.91 Å². The van der Waals surface area contributed by atoms with Gasteiger partial charge in [-0.1, -0.05) is 42.5 Å². The third-order valence-electron chi connectivity index (χ3n) is 5.81. The van der Waals surface area contributed by atoms with E-state index in [1.807, 2.05) is 0 Å². The van der Waals surface area contributed by atoms with Crippen LogP contribution in [0.3, 0.4) is 0 Å². The zero-order chi connectivity index (χ0) is 25.2. The summed E-state index contributed by atoms with van der Waals surface area (Å²) in [6.07, 6.45) is 0.186. The van der Waals surface area contributed by atoms with E-state index in [0.717, 1.165) is 5.01 Å².